The highest BCUT2D eigenvalue weighted by Crippen LogP contribution is 2.25. The maximum absolute atomic E-state index is 2.53. The number of aromatic nitrogens is 1. The maximum atomic E-state index is 2.53. The number of hydrogen-bond acceptors (Lipinski definition) is 1. The summed E-state index contributed by atoms with van der Waals surface area (Å²) in [6.07, 6.45) is 8.18. The summed E-state index contributed by atoms with van der Waals surface area (Å²) in [5.41, 5.74) is 2.59. The highest BCUT2D eigenvalue weighted by Gasteiger charge is 2.18. The summed E-state index contributed by atoms with van der Waals surface area (Å²) in [6, 6.07) is 13.7. The number of benzene rings is 1. The van der Waals surface area contributed by atoms with Crippen LogP contribution in [0.15, 0.2) is 48.8 Å². The largest absolute Gasteiger partial charge is 0.369 e. The first-order valence-corrected chi connectivity index (χ1v) is 6.85. The Labute approximate surface area is 109 Å². The Morgan fingerprint density at radius 1 is 0.944 bits per heavy atom. The van der Waals surface area contributed by atoms with Crippen LogP contribution in [-0.2, 0) is 0 Å². The molecule has 3 rings (SSSR count). The van der Waals surface area contributed by atoms with Gasteiger partial charge in [-0.15, -0.1) is 0 Å². The Bertz CT molecular complexity index is 484. The van der Waals surface area contributed by atoms with Crippen LogP contribution in [0.4, 0.5) is 5.69 Å². The van der Waals surface area contributed by atoms with Gasteiger partial charge in [-0.3, -0.25) is 0 Å². The van der Waals surface area contributed by atoms with E-state index in [4.69, 9.17) is 0 Å². The van der Waals surface area contributed by atoms with Crippen LogP contribution < -0.4 is 4.90 Å². The van der Waals surface area contributed by atoms with Crippen LogP contribution in [0.2, 0.25) is 0 Å². The molecule has 2 nitrogen and oxygen atoms in total. The number of anilines is 1. The van der Waals surface area contributed by atoms with E-state index in [-0.39, 0.29) is 0 Å². The van der Waals surface area contributed by atoms with Gasteiger partial charge in [0.15, 0.2) is 0 Å². The van der Waals surface area contributed by atoms with Gasteiger partial charge >= 0.3 is 0 Å². The molecule has 2 heterocycles. The molecule has 0 spiro atoms. The Kier molecular flexibility index (Phi) is 3.09. The summed E-state index contributed by atoms with van der Waals surface area (Å²) in [5.74, 6) is 0. The maximum Gasteiger partial charge on any atom is 0.0450 e. The van der Waals surface area contributed by atoms with E-state index >= 15 is 0 Å². The van der Waals surface area contributed by atoms with Crippen LogP contribution in [0.3, 0.4) is 0 Å². The van der Waals surface area contributed by atoms with E-state index in [0.717, 1.165) is 0 Å². The van der Waals surface area contributed by atoms with Crippen LogP contribution in [0.5, 0.6) is 0 Å². The molecule has 94 valence electrons. The zero-order valence-corrected chi connectivity index (χ0v) is 10.9. The molecule has 1 atom stereocenters. The monoisotopic (exact) mass is 240 g/mol. The van der Waals surface area contributed by atoms with Crippen LogP contribution in [-0.4, -0.2) is 17.2 Å². The van der Waals surface area contributed by atoms with E-state index in [2.05, 4.69) is 65.2 Å². The molecule has 1 saturated heterocycles. The summed E-state index contributed by atoms with van der Waals surface area (Å²) in [5, 5.41) is 0. The van der Waals surface area contributed by atoms with Crippen molar-refractivity contribution in [1.82, 2.24) is 4.57 Å². The molecule has 1 aliphatic heterocycles. The molecule has 2 heteroatoms. The van der Waals surface area contributed by atoms with Crippen LogP contribution in [0.1, 0.15) is 26.2 Å². The molecule has 0 amide bonds. The zero-order valence-electron chi connectivity index (χ0n) is 10.9. The summed E-state index contributed by atoms with van der Waals surface area (Å²) in [7, 11) is 0. The Morgan fingerprint density at radius 3 is 2.28 bits per heavy atom. The number of rotatable bonds is 2. The summed E-state index contributed by atoms with van der Waals surface area (Å²) in [6.45, 7) is 3.53. The van der Waals surface area contributed by atoms with Crippen molar-refractivity contribution < 1.29 is 0 Å². The Hall–Kier alpha value is -1.70. The first-order valence-electron chi connectivity index (χ1n) is 6.85. The smallest absolute Gasteiger partial charge is 0.0450 e. The van der Waals surface area contributed by atoms with Gasteiger partial charge in [0, 0.05) is 36.4 Å². The van der Waals surface area contributed by atoms with Gasteiger partial charge in [-0.25, -0.2) is 0 Å². The van der Waals surface area contributed by atoms with Crippen molar-refractivity contribution in [2.24, 2.45) is 0 Å². The van der Waals surface area contributed by atoms with Crippen molar-refractivity contribution in [3.8, 4) is 5.69 Å². The normalized spacial score (nSPS) is 20.1. The second-order valence-electron chi connectivity index (χ2n) is 5.14. The van der Waals surface area contributed by atoms with Crippen molar-refractivity contribution in [3.05, 3.63) is 48.8 Å². The number of nitrogens with zero attached hydrogens (tertiary/aromatic N) is 2. The third-order valence-corrected chi connectivity index (χ3v) is 3.89. The highest BCUT2D eigenvalue weighted by molar-refractivity contribution is 5.52. The topological polar surface area (TPSA) is 8.17 Å². The summed E-state index contributed by atoms with van der Waals surface area (Å²) in [4.78, 5) is 2.53. The molecule has 0 saturated carbocycles. The van der Waals surface area contributed by atoms with E-state index in [1.165, 1.54) is 37.2 Å². The fourth-order valence-corrected chi connectivity index (χ4v) is 2.80. The average molecular weight is 240 g/mol. The predicted octanol–water partition coefficient (Wildman–Crippen LogP) is 3.86. The van der Waals surface area contributed by atoms with Crippen molar-refractivity contribution in [3.63, 3.8) is 0 Å². The number of piperidine rings is 1. The number of hydrogen-bond donors (Lipinski definition) is 0. The second kappa shape index (κ2) is 4.89. The van der Waals surface area contributed by atoms with E-state index in [1.807, 2.05) is 0 Å². The van der Waals surface area contributed by atoms with Crippen molar-refractivity contribution in [1.29, 1.82) is 0 Å². The molecule has 2 aromatic rings. The van der Waals surface area contributed by atoms with Crippen molar-refractivity contribution in [2.75, 3.05) is 11.4 Å². The minimum absolute atomic E-state index is 0.677. The summed E-state index contributed by atoms with van der Waals surface area (Å²) >= 11 is 0. The van der Waals surface area contributed by atoms with Crippen LogP contribution >= 0.6 is 0 Å². The third-order valence-electron chi connectivity index (χ3n) is 3.89. The van der Waals surface area contributed by atoms with E-state index in [1.54, 1.807) is 0 Å². The molecule has 1 aromatic carbocycles. The van der Waals surface area contributed by atoms with Gasteiger partial charge < -0.3 is 9.47 Å². The van der Waals surface area contributed by atoms with Crippen LogP contribution in [0, 0.1) is 0 Å². The van der Waals surface area contributed by atoms with Crippen LogP contribution in [0.25, 0.3) is 5.69 Å². The molecular formula is C16H20N2. The van der Waals surface area contributed by atoms with Gasteiger partial charge in [-0.1, -0.05) is 0 Å². The van der Waals surface area contributed by atoms with Gasteiger partial charge in [0.2, 0.25) is 0 Å². The molecule has 1 aromatic heterocycles. The fraction of sp³-hybridized carbons (Fsp3) is 0.375. The minimum Gasteiger partial charge on any atom is -0.369 e. The molecule has 1 fully saturated rings. The lowest BCUT2D eigenvalue weighted by Gasteiger charge is -2.35. The molecular weight excluding hydrogens is 220 g/mol. The second-order valence-corrected chi connectivity index (χ2v) is 5.14. The van der Waals surface area contributed by atoms with Gasteiger partial charge in [-0.2, -0.15) is 0 Å². The third kappa shape index (κ3) is 2.15. The fourth-order valence-electron chi connectivity index (χ4n) is 2.80. The SMILES string of the molecule is C[C@@H]1CCCCN1c1ccc(-n2cccc2)cc1. The van der Waals surface area contributed by atoms with E-state index in [0.29, 0.717) is 6.04 Å². The molecule has 0 radical (unpaired) electrons. The molecule has 0 unspecified atom stereocenters. The van der Waals surface area contributed by atoms with Crippen molar-refractivity contribution >= 4 is 5.69 Å². The molecule has 0 aliphatic carbocycles. The minimum atomic E-state index is 0.677. The van der Waals surface area contributed by atoms with Gasteiger partial charge in [0.25, 0.3) is 0 Å². The highest BCUT2D eigenvalue weighted by atomic mass is 15.2. The van der Waals surface area contributed by atoms with Gasteiger partial charge in [-0.05, 0) is 62.6 Å². The first kappa shape index (κ1) is 11.4. The lowest BCUT2D eigenvalue weighted by molar-refractivity contribution is 0.485. The van der Waals surface area contributed by atoms with E-state index in [9.17, 15) is 0 Å². The van der Waals surface area contributed by atoms with Crippen molar-refractivity contribution in [2.45, 2.75) is 32.2 Å². The summed E-state index contributed by atoms with van der Waals surface area (Å²) < 4.78 is 2.14. The quantitative estimate of drug-likeness (QED) is 0.774. The molecule has 18 heavy (non-hydrogen) atoms. The standard InChI is InChI=1S/C16H20N2/c1-14-6-2-3-13-18(14)16-9-7-15(8-10-16)17-11-4-5-12-17/h4-5,7-12,14H,2-3,6,13H2,1H3/t14-/m1/s1. The average Bonchev–Trinajstić information content (AvgIpc) is 2.94. The van der Waals surface area contributed by atoms with Gasteiger partial charge in [0.05, 0.1) is 0 Å². The van der Waals surface area contributed by atoms with E-state index < -0.39 is 0 Å². The predicted molar refractivity (Wildman–Crippen MR) is 76.4 cm³/mol. The van der Waals surface area contributed by atoms with Gasteiger partial charge in [0.1, 0.15) is 0 Å². The Morgan fingerprint density at radius 2 is 1.61 bits per heavy atom. The lowest BCUT2D eigenvalue weighted by Crippen LogP contribution is -2.37. The molecule has 0 N–H and O–H groups in total. The molecule has 0 bridgehead atoms. The lowest BCUT2D eigenvalue weighted by atomic mass is 10.0. The zero-order chi connectivity index (χ0) is 12.4. The molecule has 1 aliphatic rings. The Balaban J connectivity index is 1.82. The first-order chi connectivity index (χ1) is 8.84.